The van der Waals surface area contributed by atoms with Gasteiger partial charge in [-0.25, -0.2) is 0 Å². The number of ether oxygens (including phenoxy) is 2. The summed E-state index contributed by atoms with van der Waals surface area (Å²) in [7, 11) is 0. The van der Waals surface area contributed by atoms with Crippen LogP contribution in [-0.4, -0.2) is 42.9 Å². The maximum absolute atomic E-state index is 12.6. The van der Waals surface area contributed by atoms with Crippen LogP contribution in [0.1, 0.15) is 35.3 Å². The number of nitrogens with zero attached hydrogens (tertiary/aromatic N) is 2. The molecule has 3 aromatic rings. The van der Waals surface area contributed by atoms with Gasteiger partial charge in [0.1, 0.15) is 30.0 Å². The number of phenolic OH excluding ortho intramolecular Hbond substituents is 1. The first-order valence-corrected chi connectivity index (χ1v) is 12.3. The Kier molecular flexibility index (Phi) is 6.86. The first-order valence-electron chi connectivity index (χ1n) is 11.9. The minimum atomic E-state index is -0.445. The highest BCUT2D eigenvalue weighted by Crippen LogP contribution is 2.47. The van der Waals surface area contributed by atoms with Gasteiger partial charge in [-0.1, -0.05) is 23.7 Å². The number of fused-ring (bicyclic) bond motifs is 1. The van der Waals surface area contributed by atoms with Crippen LogP contribution >= 0.6 is 11.6 Å². The maximum atomic E-state index is 12.6. The molecule has 36 heavy (non-hydrogen) atoms. The molecule has 0 radical (unpaired) electrons. The van der Waals surface area contributed by atoms with Gasteiger partial charge in [0.15, 0.2) is 0 Å². The standard InChI is InChI=1S/C29H26ClFN2O3/c1-18-26-13-24(34)4-7-27(26)36-29(28(18)22-10-19(15-32)11-23(30)12-22)21-2-5-25(6-3-21)35-9-8-33-16-20(14-31)17-33/h2-7,10-13,20,29,34H,8-9,14,16-17H2,1H3/t29-/m1/s1. The molecule has 0 bridgehead atoms. The molecule has 0 spiro atoms. The molecule has 3 aromatic carbocycles. The molecule has 5 nitrogen and oxygen atoms in total. The van der Waals surface area contributed by atoms with Gasteiger partial charge < -0.3 is 14.6 Å². The highest BCUT2D eigenvalue weighted by atomic mass is 35.5. The number of allylic oxidation sites excluding steroid dienone is 1. The summed E-state index contributed by atoms with van der Waals surface area (Å²) in [5.41, 5.74) is 4.77. The monoisotopic (exact) mass is 504 g/mol. The lowest BCUT2D eigenvalue weighted by Gasteiger charge is -2.37. The quantitative estimate of drug-likeness (QED) is 0.411. The maximum Gasteiger partial charge on any atom is 0.150 e. The van der Waals surface area contributed by atoms with Gasteiger partial charge in [0.2, 0.25) is 0 Å². The molecule has 184 valence electrons. The Labute approximate surface area is 215 Å². The second-order valence-corrected chi connectivity index (χ2v) is 9.69. The molecule has 0 amide bonds. The van der Waals surface area contributed by atoms with E-state index in [0.29, 0.717) is 22.9 Å². The lowest BCUT2D eigenvalue weighted by atomic mass is 9.85. The van der Waals surface area contributed by atoms with E-state index in [1.807, 2.05) is 37.3 Å². The Bertz CT molecular complexity index is 1340. The number of hydrogen-bond donors (Lipinski definition) is 1. The van der Waals surface area contributed by atoms with Crippen molar-refractivity contribution in [2.24, 2.45) is 5.92 Å². The third-order valence-corrected chi connectivity index (χ3v) is 6.94. The Morgan fingerprint density at radius 2 is 1.92 bits per heavy atom. The molecule has 2 aliphatic heterocycles. The van der Waals surface area contributed by atoms with E-state index in [4.69, 9.17) is 21.1 Å². The Morgan fingerprint density at radius 1 is 1.14 bits per heavy atom. The zero-order valence-corrected chi connectivity index (χ0v) is 20.6. The first-order chi connectivity index (χ1) is 17.4. The summed E-state index contributed by atoms with van der Waals surface area (Å²) in [6, 6.07) is 20.2. The highest BCUT2D eigenvalue weighted by molar-refractivity contribution is 6.31. The zero-order valence-electron chi connectivity index (χ0n) is 19.9. The van der Waals surface area contributed by atoms with Crippen molar-refractivity contribution in [1.29, 1.82) is 5.26 Å². The van der Waals surface area contributed by atoms with Crippen molar-refractivity contribution < 1.29 is 19.0 Å². The number of hydrogen-bond acceptors (Lipinski definition) is 5. The molecular weight excluding hydrogens is 479 g/mol. The predicted molar refractivity (Wildman–Crippen MR) is 138 cm³/mol. The Hall–Kier alpha value is -3.53. The SMILES string of the molecule is CC1=C(c2cc(Cl)cc(C#N)c2)[C@@H](c2ccc(OCCN3CC(CF)C3)cc2)Oc2ccc(O)cc21. The molecular formula is C29H26ClFN2O3. The van der Waals surface area contributed by atoms with Crippen LogP contribution in [0.15, 0.2) is 60.7 Å². The van der Waals surface area contributed by atoms with Crippen LogP contribution in [0, 0.1) is 17.2 Å². The third-order valence-electron chi connectivity index (χ3n) is 6.73. The van der Waals surface area contributed by atoms with Crippen LogP contribution < -0.4 is 9.47 Å². The Morgan fingerprint density at radius 3 is 2.64 bits per heavy atom. The van der Waals surface area contributed by atoms with E-state index in [0.717, 1.165) is 53.2 Å². The van der Waals surface area contributed by atoms with Gasteiger partial charge in [-0.05, 0) is 72.2 Å². The number of benzene rings is 3. The van der Waals surface area contributed by atoms with E-state index in [2.05, 4.69) is 11.0 Å². The van der Waals surface area contributed by atoms with Crippen LogP contribution in [0.4, 0.5) is 4.39 Å². The second kappa shape index (κ2) is 10.2. The fraction of sp³-hybridized carbons (Fsp3) is 0.276. The summed E-state index contributed by atoms with van der Waals surface area (Å²) in [6.07, 6.45) is -0.445. The fourth-order valence-electron chi connectivity index (χ4n) is 4.84. The van der Waals surface area contributed by atoms with Crippen LogP contribution in [0.5, 0.6) is 17.2 Å². The molecule has 7 heteroatoms. The van der Waals surface area contributed by atoms with Gasteiger partial charge in [0, 0.05) is 41.7 Å². The normalized spacial score (nSPS) is 17.7. The fourth-order valence-corrected chi connectivity index (χ4v) is 5.08. The van der Waals surface area contributed by atoms with Gasteiger partial charge in [-0.15, -0.1) is 0 Å². The number of aromatic hydroxyl groups is 1. The van der Waals surface area contributed by atoms with E-state index in [-0.39, 0.29) is 18.3 Å². The largest absolute Gasteiger partial charge is 0.508 e. The number of halogens is 2. The summed E-state index contributed by atoms with van der Waals surface area (Å²) < 4.78 is 25.0. The van der Waals surface area contributed by atoms with Crippen molar-refractivity contribution in [3.05, 3.63) is 87.9 Å². The van der Waals surface area contributed by atoms with Crippen LogP contribution in [0.25, 0.3) is 11.1 Å². The lowest BCUT2D eigenvalue weighted by molar-refractivity contribution is 0.0668. The molecule has 0 saturated carbocycles. The number of phenols is 1. The van der Waals surface area contributed by atoms with E-state index in [1.54, 1.807) is 30.3 Å². The van der Waals surface area contributed by atoms with E-state index >= 15 is 0 Å². The average Bonchev–Trinajstić information content (AvgIpc) is 2.85. The predicted octanol–water partition coefficient (Wildman–Crippen LogP) is 6.26. The Balaban J connectivity index is 1.42. The summed E-state index contributed by atoms with van der Waals surface area (Å²) in [6.45, 7) is 4.63. The van der Waals surface area contributed by atoms with Gasteiger partial charge in [-0.3, -0.25) is 9.29 Å². The highest BCUT2D eigenvalue weighted by Gasteiger charge is 2.30. The molecule has 2 heterocycles. The summed E-state index contributed by atoms with van der Waals surface area (Å²) in [5.74, 6) is 1.74. The second-order valence-electron chi connectivity index (χ2n) is 9.25. The molecule has 2 aliphatic rings. The van der Waals surface area contributed by atoms with Crippen LogP contribution in [0.3, 0.4) is 0 Å². The van der Waals surface area contributed by atoms with E-state index < -0.39 is 6.10 Å². The molecule has 5 rings (SSSR count). The molecule has 0 aliphatic carbocycles. The van der Waals surface area contributed by atoms with Gasteiger partial charge in [0.25, 0.3) is 0 Å². The minimum absolute atomic E-state index is 0.151. The van der Waals surface area contributed by atoms with Crippen molar-refractivity contribution in [3.63, 3.8) is 0 Å². The van der Waals surface area contributed by atoms with Crippen molar-refractivity contribution in [2.45, 2.75) is 13.0 Å². The molecule has 1 saturated heterocycles. The van der Waals surface area contributed by atoms with Gasteiger partial charge in [-0.2, -0.15) is 5.26 Å². The van der Waals surface area contributed by atoms with Crippen LogP contribution in [0.2, 0.25) is 5.02 Å². The zero-order chi connectivity index (χ0) is 25.2. The first kappa shape index (κ1) is 24.2. The molecule has 1 atom stereocenters. The van der Waals surface area contributed by atoms with Crippen molar-refractivity contribution >= 4 is 22.7 Å². The van der Waals surface area contributed by atoms with Gasteiger partial charge in [0.05, 0.1) is 18.3 Å². The van der Waals surface area contributed by atoms with Gasteiger partial charge >= 0.3 is 0 Å². The van der Waals surface area contributed by atoms with E-state index in [1.165, 1.54) is 0 Å². The number of nitriles is 1. The van der Waals surface area contributed by atoms with Crippen LogP contribution in [-0.2, 0) is 0 Å². The smallest absolute Gasteiger partial charge is 0.150 e. The number of alkyl halides is 1. The molecule has 0 aromatic heterocycles. The molecule has 1 N–H and O–H groups in total. The lowest BCUT2D eigenvalue weighted by Crippen LogP contribution is -2.49. The van der Waals surface area contributed by atoms with Crippen molar-refractivity contribution in [1.82, 2.24) is 4.90 Å². The average molecular weight is 505 g/mol. The summed E-state index contributed by atoms with van der Waals surface area (Å²) in [4.78, 5) is 2.18. The number of rotatable bonds is 7. The molecule has 0 unspecified atom stereocenters. The summed E-state index contributed by atoms with van der Waals surface area (Å²) >= 11 is 6.34. The number of likely N-dealkylation sites (tertiary alicyclic amines) is 1. The third kappa shape index (κ3) is 4.90. The van der Waals surface area contributed by atoms with Crippen molar-refractivity contribution in [3.8, 4) is 23.3 Å². The molecule has 1 fully saturated rings. The summed E-state index contributed by atoms with van der Waals surface area (Å²) in [5, 5.41) is 20.0. The van der Waals surface area contributed by atoms with Crippen molar-refractivity contribution in [2.75, 3.05) is 32.9 Å². The minimum Gasteiger partial charge on any atom is -0.508 e. The topological polar surface area (TPSA) is 65.7 Å². The van der Waals surface area contributed by atoms with E-state index in [9.17, 15) is 14.8 Å².